The molecular formula is C38H60F3N9O9. The van der Waals surface area contributed by atoms with Crippen molar-refractivity contribution in [3.05, 3.63) is 23.9 Å². The summed E-state index contributed by atoms with van der Waals surface area (Å²) < 4.78 is 36.7. The third-order valence-electron chi connectivity index (χ3n) is 8.57. The van der Waals surface area contributed by atoms with Gasteiger partial charge in [0.05, 0.1) is 5.56 Å². The van der Waals surface area contributed by atoms with E-state index < -0.39 is 35.9 Å². The summed E-state index contributed by atoms with van der Waals surface area (Å²) in [6, 6.07) is 1.81. The Balaban J connectivity index is 2.10. The summed E-state index contributed by atoms with van der Waals surface area (Å²) in [4.78, 5) is 98.7. The van der Waals surface area contributed by atoms with Gasteiger partial charge in [0.2, 0.25) is 29.5 Å². The molecule has 59 heavy (non-hydrogen) atoms. The standard InChI is InChI=1S/C38H60F3N9O9/c1-2-42-36(58)28(48-33(54)21-20-32(53)45-23-11-5-8-17-34(55)56)14-9-13-24-44-31(52)15-6-3-10-22-43-30(51)16-7-4-12-25-46-35(57)27-18-19-29(47-26-27)49-50-37(59)38(39,40)41/h18-19,26,28H,2-17,20-25H2,1H3,(H,42,58)(H,43,51)(H,44,52)(H,45,53)(H,46,57)(H,47,49)(H,48,54)(H,50,59)(H,55,56)/t28-/m0/s1. The first-order chi connectivity index (χ1) is 28.1. The second-order valence-corrected chi connectivity index (χ2v) is 13.7. The van der Waals surface area contributed by atoms with E-state index in [1.165, 1.54) is 17.6 Å². The normalized spacial score (nSPS) is 11.4. The van der Waals surface area contributed by atoms with E-state index >= 15 is 0 Å². The Morgan fingerprint density at radius 1 is 0.627 bits per heavy atom. The number of hydrogen-bond acceptors (Lipinski definition) is 10. The number of amides is 7. The van der Waals surface area contributed by atoms with E-state index in [2.05, 4.69) is 36.9 Å². The van der Waals surface area contributed by atoms with Gasteiger partial charge >= 0.3 is 18.1 Å². The summed E-state index contributed by atoms with van der Waals surface area (Å²) >= 11 is 0. The van der Waals surface area contributed by atoms with Crippen molar-refractivity contribution in [2.24, 2.45) is 0 Å². The van der Waals surface area contributed by atoms with Crippen LogP contribution in [0.25, 0.3) is 0 Å². The number of alkyl halides is 3. The Morgan fingerprint density at radius 2 is 1.14 bits per heavy atom. The number of aliphatic carboxylic acids is 1. The first kappa shape index (κ1) is 51.5. The van der Waals surface area contributed by atoms with E-state index in [0.29, 0.717) is 116 Å². The zero-order valence-corrected chi connectivity index (χ0v) is 33.7. The number of carboxylic acids is 1. The van der Waals surface area contributed by atoms with Crippen molar-refractivity contribution in [3.63, 3.8) is 0 Å². The molecule has 0 saturated carbocycles. The first-order valence-electron chi connectivity index (χ1n) is 20.1. The van der Waals surface area contributed by atoms with Crippen LogP contribution in [-0.2, 0) is 33.6 Å². The van der Waals surface area contributed by atoms with E-state index in [4.69, 9.17) is 5.11 Å². The molecule has 1 heterocycles. The fourth-order valence-electron chi connectivity index (χ4n) is 5.33. The highest BCUT2D eigenvalue weighted by molar-refractivity contribution is 5.94. The van der Waals surface area contributed by atoms with Gasteiger partial charge in [-0.2, -0.15) is 13.2 Å². The average molecular weight is 844 g/mol. The van der Waals surface area contributed by atoms with E-state index in [1.807, 2.05) is 5.43 Å². The van der Waals surface area contributed by atoms with E-state index in [-0.39, 0.29) is 54.3 Å². The minimum absolute atomic E-state index is 0.0348. The lowest BCUT2D eigenvalue weighted by Crippen LogP contribution is -2.46. The van der Waals surface area contributed by atoms with Crippen molar-refractivity contribution in [1.29, 1.82) is 0 Å². The highest BCUT2D eigenvalue weighted by Gasteiger charge is 2.38. The Kier molecular flexibility index (Phi) is 26.7. The molecule has 0 spiro atoms. The molecule has 0 radical (unpaired) electrons. The molecule has 7 amide bonds. The number of hydrazine groups is 1. The van der Waals surface area contributed by atoms with Crippen molar-refractivity contribution in [3.8, 4) is 0 Å². The number of rotatable bonds is 32. The van der Waals surface area contributed by atoms with Gasteiger partial charge in [-0.1, -0.05) is 19.3 Å². The van der Waals surface area contributed by atoms with Crippen LogP contribution >= 0.6 is 0 Å². The number of unbranched alkanes of at least 4 members (excludes halogenated alkanes) is 7. The lowest BCUT2D eigenvalue weighted by molar-refractivity contribution is -0.173. The number of nitrogens with zero attached hydrogens (tertiary/aromatic N) is 1. The van der Waals surface area contributed by atoms with Gasteiger partial charge in [0.15, 0.2) is 0 Å². The molecule has 0 aliphatic heterocycles. The molecule has 1 aromatic heterocycles. The molecule has 332 valence electrons. The summed E-state index contributed by atoms with van der Waals surface area (Å²) in [7, 11) is 0. The molecular weight excluding hydrogens is 783 g/mol. The molecule has 21 heteroatoms. The van der Waals surface area contributed by atoms with Gasteiger partial charge in [-0.15, -0.1) is 0 Å². The Hall–Kier alpha value is -5.50. The van der Waals surface area contributed by atoms with Gasteiger partial charge < -0.3 is 37.0 Å². The van der Waals surface area contributed by atoms with Crippen LogP contribution in [0.4, 0.5) is 19.0 Å². The fourth-order valence-corrected chi connectivity index (χ4v) is 5.33. The number of carboxylic acid groups (broad SMARTS) is 1. The van der Waals surface area contributed by atoms with Gasteiger partial charge in [0, 0.05) is 71.0 Å². The van der Waals surface area contributed by atoms with Crippen LogP contribution < -0.4 is 42.8 Å². The van der Waals surface area contributed by atoms with Crippen LogP contribution in [0.3, 0.4) is 0 Å². The molecule has 0 aromatic carbocycles. The zero-order chi connectivity index (χ0) is 43.9. The number of hydrogen-bond donors (Lipinski definition) is 9. The molecule has 9 N–H and O–H groups in total. The lowest BCUT2D eigenvalue weighted by Gasteiger charge is -2.18. The minimum Gasteiger partial charge on any atom is -0.481 e. The van der Waals surface area contributed by atoms with Gasteiger partial charge in [0.25, 0.3) is 5.91 Å². The van der Waals surface area contributed by atoms with Crippen LogP contribution in [0, 0.1) is 0 Å². The van der Waals surface area contributed by atoms with Crippen LogP contribution in [0.5, 0.6) is 0 Å². The van der Waals surface area contributed by atoms with Crippen LogP contribution in [0.15, 0.2) is 18.3 Å². The minimum atomic E-state index is -5.05. The van der Waals surface area contributed by atoms with Crippen molar-refractivity contribution in [1.82, 2.24) is 42.3 Å². The first-order valence-corrected chi connectivity index (χ1v) is 20.1. The molecule has 1 aromatic rings. The number of pyridine rings is 1. The zero-order valence-electron chi connectivity index (χ0n) is 33.7. The molecule has 0 saturated heterocycles. The Morgan fingerprint density at radius 3 is 1.64 bits per heavy atom. The van der Waals surface area contributed by atoms with E-state index in [0.717, 1.165) is 12.6 Å². The predicted molar refractivity (Wildman–Crippen MR) is 210 cm³/mol. The van der Waals surface area contributed by atoms with Gasteiger partial charge in [-0.05, 0) is 76.8 Å². The fraction of sp³-hybridized carbons (Fsp3) is 0.658. The summed E-state index contributed by atoms with van der Waals surface area (Å²) in [6.07, 6.45) is 4.17. The monoisotopic (exact) mass is 843 g/mol. The second-order valence-electron chi connectivity index (χ2n) is 13.7. The number of likely N-dealkylation sites (N-methyl/N-ethyl adjacent to an activating group) is 1. The molecule has 0 aliphatic rings. The summed E-state index contributed by atoms with van der Waals surface area (Å²) in [5.41, 5.74) is 3.64. The van der Waals surface area contributed by atoms with Crippen molar-refractivity contribution >= 4 is 53.1 Å². The SMILES string of the molecule is CCNC(=O)[C@H](CCCCNC(=O)CCCCCNC(=O)CCCCCNC(=O)c1ccc(NNC(=O)C(F)(F)F)nc1)NC(=O)CCC(=O)NCCCCCC(=O)O. The maximum Gasteiger partial charge on any atom is 0.472 e. The highest BCUT2D eigenvalue weighted by Crippen LogP contribution is 2.14. The molecule has 0 unspecified atom stereocenters. The maximum atomic E-state index is 12.5. The average Bonchev–Trinajstić information content (AvgIpc) is 3.19. The molecule has 1 rings (SSSR count). The van der Waals surface area contributed by atoms with Gasteiger partial charge in [-0.3, -0.25) is 49.2 Å². The maximum absolute atomic E-state index is 12.5. The molecule has 0 aliphatic carbocycles. The third kappa shape index (κ3) is 26.9. The van der Waals surface area contributed by atoms with Gasteiger partial charge in [-0.25, -0.2) is 4.98 Å². The Bertz CT molecular complexity index is 1480. The topological polar surface area (TPSA) is 266 Å². The van der Waals surface area contributed by atoms with E-state index in [9.17, 15) is 51.5 Å². The molecule has 0 bridgehead atoms. The molecule has 18 nitrogen and oxygen atoms in total. The second kappa shape index (κ2) is 30.6. The van der Waals surface area contributed by atoms with Crippen LogP contribution in [-0.4, -0.2) is 102 Å². The third-order valence-corrected chi connectivity index (χ3v) is 8.57. The van der Waals surface area contributed by atoms with Crippen LogP contribution in [0.2, 0.25) is 0 Å². The lowest BCUT2D eigenvalue weighted by atomic mass is 10.1. The number of halogens is 3. The van der Waals surface area contributed by atoms with Crippen LogP contribution in [0.1, 0.15) is 126 Å². The highest BCUT2D eigenvalue weighted by atomic mass is 19.4. The molecule has 0 fully saturated rings. The van der Waals surface area contributed by atoms with Crippen molar-refractivity contribution in [2.75, 3.05) is 38.1 Å². The number of carbonyl (C=O) groups is 8. The smallest absolute Gasteiger partial charge is 0.472 e. The predicted octanol–water partition coefficient (Wildman–Crippen LogP) is 2.50. The Labute approximate surface area is 342 Å². The van der Waals surface area contributed by atoms with E-state index in [1.54, 1.807) is 6.92 Å². The molecule has 1 atom stereocenters. The quantitative estimate of drug-likeness (QED) is 0.0376. The van der Waals surface area contributed by atoms with Crippen molar-refractivity contribution < 1.29 is 56.6 Å². The summed E-state index contributed by atoms with van der Waals surface area (Å²) in [5, 5.41) is 25.2. The number of anilines is 1. The van der Waals surface area contributed by atoms with Gasteiger partial charge in [0.1, 0.15) is 11.9 Å². The number of nitrogens with one attached hydrogen (secondary N) is 8. The summed E-state index contributed by atoms with van der Waals surface area (Å²) in [6.45, 7) is 3.81. The largest absolute Gasteiger partial charge is 0.481 e. The summed E-state index contributed by atoms with van der Waals surface area (Å²) in [5.74, 6) is -4.79. The number of carbonyl (C=O) groups excluding carboxylic acids is 7. The number of aromatic nitrogens is 1. The van der Waals surface area contributed by atoms with Crippen molar-refractivity contribution in [2.45, 2.75) is 128 Å².